The van der Waals surface area contributed by atoms with Gasteiger partial charge in [-0.25, -0.2) is 0 Å². The van der Waals surface area contributed by atoms with E-state index in [4.69, 9.17) is 9.26 Å². The average Bonchev–Trinajstić information content (AvgIpc) is 3.30. The molecule has 2 aromatic rings. The summed E-state index contributed by atoms with van der Waals surface area (Å²) in [5.41, 5.74) is 0.662. The van der Waals surface area contributed by atoms with Crippen LogP contribution in [0.15, 0.2) is 28.8 Å². The predicted octanol–water partition coefficient (Wildman–Crippen LogP) is 3.11. The van der Waals surface area contributed by atoms with Crippen LogP contribution in [0.5, 0.6) is 5.75 Å². The fourth-order valence-electron chi connectivity index (χ4n) is 3.59. The van der Waals surface area contributed by atoms with Crippen LogP contribution in [0.4, 0.5) is 5.69 Å². The minimum Gasteiger partial charge on any atom is -0.485 e. The minimum atomic E-state index is -0.458. The molecule has 2 heterocycles. The number of nitrogens with one attached hydrogen (secondary N) is 1. The quantitative estimate of drug-likeness (QED) is 0.734. The lowest BCUT2D eigenvalue weighted by Crippen LogP contribution is -2.47. The van der Waals surface area contributed by atoms with E-state index >= 15 is 0 Å². The molecule has 154 valence electrons. The molecular weight excluding hydrogens is 372 g/mol. The largest absolute Gasteiger partial charge is 0.485 e. The van der Waals surface area contributed by atoms with Gasteiger partial charge in [-0.1, -0.05) is 19.0 Å². The van der Waals surface area contributed by atoms with Gasteiger partial charge in [0.1, 0.15) is 11.8 Å². The Hall–Kier alpha value is -2.90. The van der Waals surface area contributed by atoms with Gasteiger partial charge in [-0.05, 0) is 49.4 Å². The van der Waals surface area contributed by atoms with Crippen LogP contribution < -0.4 is 10.1 Å². The van der Waals surface area contributed by atoms with Crippen molar-refractivity contribution >= 4 is 17.5 Å². The van der Waals surface area contributed by atoms with Gasteiger partial charge in [0.2, 0.25) is 23.5 Å². The predicted molar refractivity (Wildman–Crippen MR) is 105 cm³/mol. The highest BCUT2D eigenvalue weighted by molar-refractivity contribution is 5.97. The number of anilines is 1. The average molecular weight is 398 g/mol. The van der Waals surface area contributed by atoms with Crippen molar-refractivity contribution in [2.24, 2.45) is 5.92 Å². The van der Waals surface area contributed by atoms with E-state index < -0.39 is 6.04 Å². The lowest BCUT2D eigenvalue weighted by Gasteiger charge is -2.29. The molecule has 2 aliphatic rings. The van der Waals surface area contributed by atoms with E-state index in [1.165, 1.54) is 0 Å². The number of nitrogens with zero attached hydrogens (tertiary/aromatic N) is 3. The standard InChI is InChI=1S/C21H26N4O4/c1-13(2)19(25-11-3-4-18(25)26)20(27)22-15-7-9-16(10-8-15)28-12-17-23-21(29-24-17)14-5-6-14/h7-10,13-14,19H,3-6,11-12H2,1-2H3,(H,22,27). The SMILES string of the molecule is CC(C)C(C(=O)Nc1ccc(OCc2noc(C3CC3)n2)cc1)N1CCCC1=O. The molecule has 1 aromatic carbocycles. The maximum atomic E-state index is 12.8. The van der Waals surface area contributed by atoms with Crippen LogP contribution in [0.1, 0.15) is 57.2 Å². The highest BCUT2D eigenvalue weighted by Gasteiger charge is 2.35. The van der Waals surface area contributed by atoms with E-state index in [2.05, 4.69) is 15.5 Å². The fourth-order valence-corrected chi connectivity index (χ4v) is 3.59. The van der Waals surface area contributed by atoms with Gasteiger partial charge >= 0.3 is 0 Å². The Bertz CT molecular complexity index is 873. The first kappa shape index (κ1) is 19.4. The number of amides is 2. The first-order valence-corrected chi connectivity index (χ1v) is 10.2. The van der Waals surface area contributed by atoms with E-state index in [-0.39, 0.29) is 24.3 Å². The summed E-state index contributed by atoms with van der Waals surface area (Å²) in [7, 11) is 0. The highest BCUT2D eigenvalue weighted by Crippen LogP contribution is 2.38. The molecule has 0 spiro atoms. The van der Waals surface area contributed by atoms with Crippen molar-refractivity contribution in [2.75, 3.05) is 11.9 Å². The molecule has 8 heteroatoms. The van der Waals surface area contributed by atoms with Crippen LogP contribution in [0.3, 0.4) is 0 Å². The molecule has 1 unspecified atom stereocenters. The summed E-state index contributed by atoms with van der Waals surface area (Å²) in [5.74, 6) is 2.21. The monoisotopic (exact) mass is 398 g/mol. The highest BCUT2D eigenvalue weighted by atomic mass is 16.5. The van der Waals surface area contributed by atoms with Crippen LogP contribution in [0.2, 0.25) is 0 Å². The van der Waals surface area contributed by atoms with Crippen molar-refractivity contribution in [1.82, 2.24) is 15.0 Å². The Morgan fingerprint density at radius 1 is 1.31 bits per heavy atom. The fraction of sp³-hybridized carbons (Fsp3) is 0.524. The number of likely N-dealkylation sites (tertiary alicyclic amines) is 1. The molecule has 29 heavy (non-hydrogen) atoms. The van der Waals surface area contributed by atoms with E-state index in [9.17, 15) is 9.59 Å². The summed E-state index contributed by atoms with van der Waals surface area (Å²) in [6.07, 6.45) is 3.55. The Kier molecular flexibility index (Phi) is 5.51. The number of hydrogen-bond acceptors (Lipinski definition) is 6. The lowest BCUT2D eigenvalue weighted by molar-refractivity contribution is -0.136. The third-order valence-corrected chi connectivity index (χ3v) is 5.25. The normalized spacial score (nSPS) is 17.6. The van der Waals surface area contributed by atoms with Gasteiger partial charge in [0.05, 0.1) is 0 Å². The van der Waals surface area contributed by atoms with Crippen LogP contribution >= 0.6 is 0 Å². The molecule has 1 atom stereocenters. The number of aromatic nitrogens is 2. The Labute approximate surface area is 169 Å². The topological polar surface area (TPSA) is 97.6 Å². The van der Waals surface area contributed by atoms with Crippen LogP contribution in [-0.2, 0) is 16.2 Å². The van der Waals surface area contributed by atoms with Crippen molar-refractivity contribution in [3.8, 4) is 5.75 Å². The van der Waals surface area contributed by atoms with Gasteiger partial charge < -0.3 is 19.5 Å². The van der Waals surface area contributed by atoms with Crippen molar-refractivity contribution in [3.05, 3.63) is 36.0 Å². The molecule has 4 rings (SSSR count). The third kappa shape index (κ3) is 4.58. The zero-order chi connectivity index (χ0) is 20.4. The number of ether oxygens (including phenoxy) is 1. The molecule has 1 saturated carbocycles. The molecule has 1 saturated heterocycles. The van der Waals surface area contributed by atoms with Gasteiger partial charge in [0, 0.05) is 24.6 Å². The summed E-state index contributed by atoms with van der Waals surface area (Å²) in [5, 5.41) is 6.85. The van der Waals surface area contributed by atoms with Gasteiger partial charge in [-0.3, -0.25) is 9.59 Å². The van der Waals surface area contributed by atoms with Crippen LogP contribution in [0, 0.1) is 5.92 Å². The Morgan fingerprint density at radius 2 is 2.07 bits per heavy atom. The lowest BCUT2D eigenvalue weighted by atomic mass is 10.0. The third-order valence-electron chi connectivity index (χ3n) is 5.25. The Balaban J connectivity index is 1.33. The van der Waals surface area contributed by atoms with Crippen molar-refractivity contribution in [2.45, 2.75) is 58.1 Å². The molecule has 0 radical (unpaired) electrons. The summed E-state index contributed by atoms with van der Waals surface area (Å²) in [4.78, 5) is 30.9. The molecule has 1 N–H and O–H groups in total. The van der Waals surface area contributed by atoms with Gasteiger partial charge in [0.25, 0.3) is 0 Å². The second kappa shape index (κ2) is 8.23. The first-order valence-electron chi connectivity index (χ1n) is 10.2. The van der Waals surface area contributed by atoms with E-state index in [0.29, 0.717) is 42.0 Å². The zero-order valence-corrected chi connectivity index (χ0v) is 16.8. The van der Waals surface area contributed by atoms with Crippen LogP contribution in [-0.4, -0.2) is 39.4 Å². The van der Waals surface area contributed by atoms with Crippen LogP contribution in [0.25, 0.3) is 0 Å². The molecule has 1 aliphatic carbocycles. The molecule has 0 bridgehead atoms. The molecule has 1 aromatic heterocycles. The van der Waals surface area contributed by atoms with Crippen molar-refractivity contribution < 1.29 is 18.8 Å². The molecular formula is C21H26N4O4. The number of carbonyl (C=O) groups is 2. The summed E-state index contributed by atoms with van der Waals surface area (Å²) >= 11 is 0. The number of benzene rings is 1. The van der Waals surface area contributed by atoms with Crippen molar-refractivity contribution in [1.29, 1.82) is 0 Å². The van der Waals surface area contributed by atoms with Gasteiger partial charge in [-0.15, -0.1) is 0 Å². The Morgan fingerprint density at radius 3 is 2.69 bits per heavy atom. The summed E-state index contributed by atoms with van der Waals surface area (Å²) < 4.78 is 10.9. The molecule has 2 fully saturated rings. The second-order valence-electron chi connectivity index (χ2n) is 8.00. The van der Waals surface area contributed by atoms with E-state index in [1.54, 1.807) is 29.2 Å². The summed E-state index contributed by atoms with van der Waals surface area (Å²) in [6.45, 7) is 4.79. The van der Waals surface area contributed by atoms with E-state index in [0.717, 1.165) is 19.3 Å². The number of rotatable bonds is 8. The maximum Gasteiger partial charge on any atom is 0.247 e. The summed E-state index contributed by atoms with van der Waals surface area (Å²) in [6, 6.07) is 6.66. The molecule has 2 amide bonds. The molecule has 8 nitrogen and oxygen atoms in total. The van der Waals surface area contributed by atoms with Gasteiger partial charge in [-0.2, -0.15) is 4.98 Å². The molecule has 1 aliphatic heterocycles. The first-order chi connectivity index (χ1) is 14.0. The second-order valence-corrected chi connectivity index (χ2v) is 8.00. The zero-order valence-electron chi connectivity index (χ0n) is 16.8. The van der Waals surface area contributed by atoms with E-state index in [1.807, 2.05) is 13.8 Å². The van der Waals surface area contributed by atoms with Crippen molar-refractivity contribution in [3.63, 3.8) is 0 Å². The number of carbonyl (C=O) groups excluding carboxylic acids is 2. The minimum absolute atomic E-state index is 0.0372. The smallest absolute Gasteiger partial charge is 0.247 e. The van der Waals surface area contributed by atoms with Gasteiger partial charge in [0.15, 0.2) is 6.61 Å². The number of hydrogen-bond donors (Lipinski definition) is 1. The maximum absolute atomic E-state index is 12.8.